The van der Waals surface area contributed by atoms with Gasteiger partial charge in [-0.15, -0.1) is 0 Å². The zero-order valence-electron chi connectivity index (χ0n) is 25.5. The van der Waals surface area contributed by atoms with Crippen molar-refractivity contribution in [3.63, 3.8) is 0 Å². The number of hydrogen-bond donors (Lipinski definition) is 1. The number of carbonyl (C=O) groups excluding carboxylic acids is 1. The number of benzene rings is 2. The van der Waals surface area contributed by atoms with Gasteiger partial charge < -0.3 is 14.6 Å². The molecule has 0 radical (unpaired) electrons. The maximum absolute atomic E-state index is 12.4. The molecular weight excluding hydrogens is 540 g/mol. The second kappa shape index (κ2) is 11.4. The Morgan fingerprint density at radius 3 is 2.38 bits per heavy atom. The zero-order valence-corrected chi connectivity index (χ0v) is 26.5. The van der Waals surface area contributed by atoms with Crippen LogP contribution in [0.2, 0.25) is 0 Å². The Balaban J connectivity index is 0.00000353. The molecule has 1 heterocycles. The molecule has 1 aliphatic heterocycles. The van der Waals surface area contributed by atoms with Crippen LogP contribution < -0.4 is 4.74 Å². The van der Waals surface area contributed by atoms with Gasteiger partial charge in [-0.1, -0.05) is 63.8 Å². The molecule has 5 atom stereocenters. The predicted molar refractivity (Wildman–Crippen MR) is 172 cm³/mol. The van der Waals surface area contributed by atoms with Gasteiger partial charge in [0, 0.05) is 17.4 Å². The van der Waals surface area contributed by atoms with E-state index in [0.717, 1.165) is 42.6 Å². The second-order valence-corrected chi connectivity index (χ2v) is 13.7. The molecule has 5 heteroatoms. The Kier molecular flexibility index (Phi) is 8.31. The number of ketones is 1. The van der Waals surface area contributed by atoms with E-state index in [4.69, 9.17) is 9.47 Å². The number of aliphatic hydroxyl groups is 1. The van der Waals surface area contributed by atoms with Crippen LogP contribution in [0, 0.1) is 29.1 Å². The molecule has 1 N–H and O–H groups in total. The van der Waals surface area contributed by atoms with Gasteiger partial charge >= 0.3 is 0 Å². The molecule has 2 fully saturated rings. The van der Waals surface area contributed by atoms with Crippen molar-refractivity contribution < 1.29 is 19.4 Å². The summed E-state index contributed by atoms with van der Waals surface area (Å²) < 4.78 is 12.3. The molecule has 2 aromatic carbocycles. The standard InChI is InChI=1S/C37H42O4.H2S/c1-35(2,3)27-11-6-24(7-12-27)18-20-37(39)21-19-32-31-16-10-26-22-28(38)13-17-30(26)33(31)34(41-23-36(32,37)4)25-8-14-29(40-5)15-9-25;/h6-9,11-12,14-15,22,31-32,34,39H,10,13,16-17,19,21,23H2,1-5H3;1H2/t31?,32?,34-,36-,37-;/m0./s1. The highest BCUT2D eigenvalue weighted by atomic mass is 32.1. The Hall–Kier alpha value is -2.78. The smallest absolute Gasteiger partial charge is 0.156 e. The number of allylic oxidation sites excluding steroid dienone is 3. The SMILES string of the molecule is COc1ccc([C@@H]2OC[C@@]3(C)C(CC[C@@]3(O)C#Cc3ccc(C(C)(C)C)cc3)C3CCC4=CC(=O)CCC4=C32)cc1.S. The van der Waals surface area contributed by atoms with E-state index in [2.05, 4.69) is 75.9 Å². The molecule has 3 aliphatic carbocycles. The van der Waals surface area contributed by atoms with Crippen LogP contribution in [0.25, 0.3) is 0 Å². The Morgan fingerprint density at radius 2 is 1.71 bits per heavy atom. The van der Waals surface area contributed by atoms with Gasteiger partial charge in [-0.2, -0.15) is 13.5 Å². The van der Waals surface area contributed by atoms with E-state index in [9.17, 15) is 9.90 Å². The molecule has 4 nitrogen and oxygen atoms in total. The molecular formula is C37H44O4S. The van der Waals surface area contributed by atoms with Crippen molar-refractivity contribution in [2.24, 2.45) is 17.3 Å². The minimum Gasteiger partial charge on any atom is -0.497 e. The van der Waals surface area contributed by atoms with Gasteiger partial charge in [-0.3, -0.25) is 4.79 Å². The molecule has 222 valence electrons. The molecule has 0 bridgehead atoms. The number of ether oxygens (including phenoxy) is 2. The van der Waals surface area contributed by atoms with E-state index in [-0.39, 0.29) is 42.6 Å². The molecule has 4 aliphatic rings. The first kappa shape index (κ1) is 30.7. The predicted octanol–water partition coefficient (Wildman–Crippen LogP) is 7.37. The van der Waals surface area contributed by atoms with Crippen LogP contribution in [0.15, 0.2) is 71.3 Å². The number of carbonyl (C=O) groups is 1. The summed E-state index contributed by atoms with van der Waals surface area (Å²) in [7, 11) is 1.68. The summed E-state index contributed by atoms with van der Waals surface area (Å²) in [5.74, 6) is 8.26. The lowest BCUT2D eigenvalue weighted by atomic mass is 9.61. The third-order valence-corrected chi connectivity index (χ3v) is 10.3. The fourth-order valence-electron chi connectivity index (χ4n) is 7.76. The first-order valence-corrected chi connectivity index (χ1v) is 15.1. The first-order valence-electron chi connectivity index (χ1n) is 15.1. The van der Waals surface area contributed by atoms with Gasteiger partial charge in [-0.25, -0.2) is 0 Å². The van der Waals surface area contributed by atoms with Crippen LogP contribution in [0.4, 0.5) is 0 Å². The summed E-state index contributed by atoms with van der Waals surface area (Å²) in [6, 6.07) is 16.6. The largest absolute Gasteiger partial charge is 0.497 e. The van der Waals surface area contributed by atoms with E-state index < -0.39 is 11.0 Å². The average molecular weight is 585 g/mol. The van der Waals surface area contributed by atoms with Crippen LogP contribution in [0.1, 0.15) is 89.0 Å². The number of fused-ring (bicyclic) bond motifs is 4. The summed E-state index contributed by atoms with van der Waals surface area (Å²) in [5.41, 5.74) is 5.52. The Morgan fingerprint density at radius 1 is 1.00 bits per heavy atom. The molecule has 42 heavy (non-hydrogen) atoms. The lowest BCUT2D eigenvalue weighted by molar-refractivity contribution is -0.114. The lowest BCUT2D eigenvalue weighted by Gasteiger charge is -2.42. The van der Waals surface area contributed by atoms with Crippen molar-refractivity contribution in [2.75, 3.05) is 13.7 Å². The van der Waals surface area contributed by atoms with Gasteiger partial charge in [-0.05, 0) is 108 Å². The number of hydrogen-bond acceptors (Lipinski definition) is 4. The molecule has 2 aromatic rings. The lowest BCUT2D eigenvalue weighted by Crippen LogP contribution is -2.48. The summed E-state index contributed by atoms with van der Waals surface area (Å²) in [5, 5.41) is 12.3. The van der Waals surface area contributed by atoms with Gasteiger partial charge in [0.1, 0.15) is 17.5 Å². The van der Waals surface area contributed by atoms with Gasteiger partial charge in [0.15, 0.2) is 5.78 Å². The minimum atomic E-state index is -1.15. The molecule has 6 rings (SSSR count). The topological polar surface area (TPSA) is 55.8 Å². The maximum atomic E-state index is 12.4. The van der Waals surface area contributed by atoms with Crippen LogP contribution >= 0.6 is 13.5 Å². The highest BCUT2D eigenvalue weighted by Gasteiger charge is 2.61. The summed E-state index contributed by atoms with van der Waals surface area (Å²) in [6.07, 6.45) is 6.38. The van der Waals surface area contributed by atoms with Crippen molar-refractivity contribution in [1.82, 2.24) is 0 Å². The third-order valence-electron chi connectivity index (χ3n) is 10.3. The van der Waals surface area contributed by atoms with Crippen LogP contribution in [-0.2, 0) is 14.9 Å². The van der Waals surface area contributed by atoms with Crippen LogP contribution in [-0.4, -0.2) is 30.2 Å². The van der Waals surface area contributed by atoms with Gasteiger partial charge in [0.25, 0.3) is 0 Å². The molecule has 1 saturated heterocycles. The quantitative estimate of drug-likeness (QED) is 0.375. The number of rotatable bonds is 2. The summed E-state index contributed by atoms with van der Waals surface area (Å²) >= 11 is 0. The maximum Gasteiger partial charge on any atom is 0.156 e. The van der Waals surface area contributed by atoms with Crippen molar-refractivity contribution in [3.05, 3.63) is 88.0 Å². The van der Waals surface area contributed by atoms with E-state index in [1.54, 1.807) is 7.11 Å². The molecule has 1 saturated carbocycles. The van der Waals surface area contributed by atoms with E-state index in [1.165, 1.54) is 22.3 Å². The highest BCUT2D eigenvalue weighted by molar-refractivity contribution is 7.59. The van der Waals surface area contributed by atoms with Gasteiger partial charge in [0.2, 0.25) is 0 Å². The minimum absolute atomic E-state index is 0. The normalized spacial score (nSPS) is 30.5. The van der Waals surface area contributed by atoms with Gasteiger partial charge in [0.05, 0.1) is 13.7 Å². The molecule has 0 amide bonds. The zero-order chi connectivity index (χ0) is 29.0. The summed E-state index contributed by atoms with van der Waals surface area (Å²) in [4.78, 5) is 12.4. The van der Waals surface area contributed by atoms with E-state index >= 15 is 0 Å². The fourth-order valence-corrected chi connectivity index (χ4v) is 7.76. The Labute approximate surface area is 258 Å². The molecule has 0 spiro atoms. The first-order chi connectivity index (χ1) is 19.5. The molecule has 0 aromatic heterocycles. The number of methoxy groups -OCH3 is 1. The van der Waals surface area contributed by atoms with Crippen molar-refractivity contribution in [2.45, 2.75) is 83.3 Å². The monoisotopic (exact) mass is 584 g/mol. The average Bonchev–Trinajstić information content (AvgIpc) is 3.13. The van der Waals surface area contributed by atoms with E-state index in [0.29, 0.717) is 19.4 Å². The van der Waals surface area contributed by atoms with Crippen molar-refractivity contribution >= 4 is 19.3 Å². The van der Waals surface area contributed by atoms with Crippen LogP contribution in [0.5, 0.6) is 5.75 Å². The van der Waals surface area contributed by atoms with Crippen LogP contribution in [0.3, 0.4) is 0 Å². The van der Waals surface area contributed by atoms with Crippen molar-refractivity contribution in [1.29, 1.82) is 0 Å². The molecule has 2 unspecified atom stereocenters. The van der Waals surface area contributed by atoms with E-state index in [1.807, 2.05) is 18.2 Å². The second-order valence-electron chi connectivity index (χ2n) is 13.7. The Bertz CT molecular complexity index is 1470. The third kappa shape index (κ3) is 5.27. The highest BCUT2D eigenvalue weighted by Crippen LogP contribution is 2.61. The summed E-state index contributed by atoms with van der Waals surface area (Å²) in [6.45, 7) is 9.24. The van der Waals surface area contributed by atoms with Crippen molar-refractivity contribution in [3.8, 4) is 17.6 Å². The fraction of sp³-hybridized carbons (Fsp3) is 0.486.